The molecule has 1 aromatic rings. The predicted octanol–water partition coefficient (Wildman–Crippen LogP) is 1.70. The van der Waals surface area contributed by atoms with E-state index in [4.69, 9.17) is 21.1 Å². The second-order valence-corrected chi connectivity index (χ2v) is 3.63. The van der Waals surface area contributed by atoms with Crippen LogP contribution >= 0.6 is 11.6 Å². The van der Waals surface area contributed by atoms with E-state index < -0.39 is 0 Å². The average Bonchev–Trinajstić information content (AvgIpc) is 2.13. The second kappa shape index (κ2) is 4.07. The van der Waals surface area contributed by atoms with E-state index in [1.54, 1.807) is 19.2 Å². The highest BCUT2D eigenvalue weighted by atomic mass is 35.5. The fourth-order valence-corrected chi connectivity index (χ4v) is 1.43. The zero-order chi connectivity index (χ0) is 9.97. The molecule has 0 saturated carbocycles. The maximum atomic E-state index is 5.83. The van der Waals surface area contributed by atoms with Gasteiger partial charge in [-0.1, -0.05) is 11.6 Å². The van der Waals surface area contributed by atoms with Crippen LogP contribution in [-0.2, 0) is 0 Å². The van der Waals surface area contributed by atoms with Crippen molar-refractivity contribution in [3.8, 4) is 11.5 Å². The van der Waals surface area contributed by atoms with Crippen molar-refractivity contribution in [3.63, 3.8) is 0 Å². The van der Waals surface area contributed by atoms with Gasteiger partial charge in [-0.2, -0.15) is 0 Å². The van der Waals surface area contributed by atoms with Crippen LogP contribution in [0, 0.1) is 0 Å². The Morgan fingerprint density at radius 1 is 1.36 bits per heavy atom. The van der Waals surface area contributed by atoms with Crippen molar-refractivity contribution in [2.45, 2.75) is 6.10 Å². The molecule has 2 rings (SSSR count). The highest BCUT2D eigenvalue weighted by molar-refractivity contribution is 6.30. The van der Waals surface area contributed by atoms with Gasteiger partial charge in [0, 0.05) is 24.2 Å². The lowest BCUT2D eigenvalue weighted by Crippen LogP contribution is -2.50. The van der Waals surface area contributed by atoms with Crippen molar-refractivity contribution in [1.82, 2.24) is 5.32 Å². The predicted molar refractivity (Wildman–Crippen MR) is 55.3 cm³/mol. The van der Waals surface area contributed by atoms with Crippen LogP contribution in [0.4, 0.5) is 0 Å². The number of halogens is 1. The van der Waals surface area contributed by atoms with Crippen LogP contribution < -0.4 is 14.8 Å². The van der Waals surface area contributed by atoms with Gasteiger partial charge >= 0.3 is 0 Å². The van der Waals surface area contributed by atoms with E-state index in [0.717, 1.165) is 18.8 Å². The Morgan fingerprint density at radius 2 is 2.14 bits per heavy atom. The van der Waals surface area contributed by atoms with E-state index in [1.807, 2.05) is 6.07 Å². The summed E-state index contributed by atoms with van der Waals surface area (Å²) in [4.78, 5) is 0. The van der Waals surface area contributed by atoms with Gasteiger partial charge in [0.05, 0.1) is 7.11 Å². The Hall–Kier alpha value is -0.930. The Labute approximate surface area is 88.0 Å². The van der Waals surface area contributed by atoms with Crippen molar-refractivity contribution in [2.75, 3.05) is 20.2 Å². The molecule has 1 saturated heterocycles. The largest absolute Gasteiger partial charge is 0.493 e. The first-order valence-corrected chi connectivity index (χ1v) is 4.88. The van der Waals surface area contributed by atoms with Crippen LogP contribution in [0.3, 0.4) is 0 Å². The lowest BCUT2D eigenvalue weighted by atomic mass is 10.2. The van der Waals surface area contributed by atoms with Crippen LogP contribution in [-0.4, -0.2) is 26.3 Å². The zero-order valence-corrected chi connectivity index (χ0v) is 8.67. The van der Waals surface area contributed by atoms with Gasteiger partial charge < -0.3 is 14.8 Å². The number of rotatable bonds is 3. The van der Waals surface area contributed by atoms with Crippen molar-refractivity contribution < 1.29 is 9.47 Å². The maximum Gasteiger partial charge on any atom is 0.162 e. The maximum absolute atomic E-state index is 5.83. The van der Waals surface area contributed by atoms with Crippen LogP contribution in [0.1, 0.15) is 0 Å². The van der Waals surface area contributed by atoms with Crippen molar-refractivity contribution in [1.29, 1.82) is 0 Å². The highest BCUT2D eigenvalue weighted by Gasteiger charge is 2.19. The van der Waals surface area contributed by atoms with Crippen molar-refractivity contribution >= 4 is 11.6 Å². The summed E-state index contributed by atoms with van der Waals surface area (Å²) in [6, 6.07) is 5.38. The first-order chi connectivity index (χ1) is 6.79. The van der Waals surface area contributed by atoms with Gasteiger partial charge in [-0.25, -0.2) is 0 Å². The second-order valence-electron chi connectivity index (χ2n) is 3.19. The summed E-state index contributed by atoms with van der Waals surface area (Å²) >= 11 is 5.83. The molecule has 0 radical (unpaired) electrons. The summed E-state index contributed by atoms with van der Waals surface area (Å²) in [6.45, 7) is 1.79. The molecule has 76 valence electrons. The monoisotopic (exact) mass is 213 g/mol. The molecule has 0 aliphatic carbocycles. The van der Waals surface area contributed by atoms with Crippen LogP contribution in [0.15, 0.2) is 18.2 Å². The molecule has 1 aromatic carbocycles. The average molecular weight is 214 g/mol. The minimum atomic E-state index is 0.255. The Balaban J connectivity index is 2.14. The molecule has 0 spiro atoms. The smallest absolute Gasteiger partial charge is 0.162 e. The summed E-state index contributed by atoms with van der Waals surface area (Å²) in [5, 5.41) is 3.79. The molecule has 0 bridgehead atoms. The standard InChI is InChI=1S/C10H12ClNO2/c1-13-10-4-7(11)2-3-9(10)14-8-5-12-6-8/h2-4,8,12H,5-6H2,1H3. The molecule has 4 heteroatoms. The lowest BCUT2D eigenvalue weighted by molar-refractivity contribution is 0.137. The van der Waals surface area contributed by atoms with E-state index in [1.165, 1.54) is 0 Å². The van der Waals surface area contributed by atoms with E-state index in [9.17, 15) is 0 Å². The minimum Gasteiger partial charge on any atom is -0.493 e. The normalized spacial score (nSPS) is 16.1. The third kappa shape index (κ3) is 1.94. The minimum absolute atomic E-state index is 0.255. The van der Waals surface area contributed by atoms with E-state index in [-0.39, 0.29) is 6.10 Å². The number of hydrogen-bond donors (Lipinski definition) is 1. The molecule has 3 nitrogen and oxygen atoms in total. The quantitative estimate of drug-likeness (QED) is 0.829. The molecule has 0 unspecified atom stereocenters. The highest BCUT2D eigenvalue weighted by Crippen LogP contribution is 2.30. The van der Waals surface area contributed by atoms with E-state index >= 15 is 0 Å². The lowest BCUT2D eigenvalue weighted by Gasteiger charge is -2.28. The van der Waals surface area contributed by atoms with Crippen LogP contribution in [0.25, 0.3) is 0 Å². The molecule has 1 aliphatic heterocycles. The molecule has 1 N–H and O–H groups in total. The number of methoxy groups -OCH3 is 1. The fraction of sp³-hybridized carbons (Fsp3) is 0.400. The Kier molecular flexibility index (Phi) is 2.79. The van der Waals surface area contributed by atoms with Gasteiger partial charge in [0.2, 0.25) is 0 Å². The van der Waals surface area contributed by atoms with Gasteiger partial charge in [-0.05, 0) is 12.1 Å². The molecule has 0 atom stereocenters. The summed E-state index contributed by atoms with van der Waals surface area (Å²) < 4.78 is 10.8. The fourth-order valence-electron chi connectivity index (χ4n) is 1.26. The Bertz CT molecular complexity index is 326. The molecule has 0 amide bonds. The summed E-state index contributed by atoms with van der Waals surface area (Å²) in [7, 11) is 1.61. The number of nitrogens with one attached hydrogen (secondary N) is 1. The first kappa shape index (κ1) is 9.62. The molecule has 0 aromatic heterocycles. The van der Waals surface area contributed by atoms with Gasteiger partial charge in [-0.15, -0.1) is 0 Å². The molecule has 1 heterocycles. The van der Waals surface area contributed by atoms with Crippen LogP contribution in [0.2, 0.25) is 5.02 Å². The molecule has 14 heavy (non-hydrogen) atoms. The number of benzene rings is 1. The first-order valence-electron chi connectivity index (χ1n) is 4.50. The summed E-state index contributed by atoms with van der Waals surface area (Å²) in [5.74, 6) is 1.44. The zero-order valence-electron chi connectivity index (χ0n) is 7.92. The third-order valence-electron chi connectivity index (χ3n) is 2.16. The number of hydrogen-bond acceptors (Lipinski definition) is 3. The van der Waals surface area contributed by atoms with Gasteiger partial charge in [0.25, 0.3) is 0 Å². The SMILES string of the molecule is COc1cc(Cl)ccc1OC1CNC1. The molecular weight excluding hydrogens is 202 g/mol. The van der Waals surface area contributed by atoms with E-state index in [0.29, 0.717) is 10.8 Å². The van der Waals surface area contributed by atoms with E-state index in [2.05, 4.69) is 5.32 Å². The van der Waals surface area contributed by atoms with Gasteiger partial charge in [0.15, 0.2) is 11.5 Å². The topological polar surface area (TPSA) is 30.5 Å². The molecule has 1 aliphatic rings. The number of ether oxygens (including phenoxy) is 2. The van der Waals surface area contributed by atoms with Gasteiger partial charge in [-0.3, -0.25) is 0 Å². The molecular formula is C10H12ClNO2. The van der Waals surface area contributed by atoms with Gasteiger partial charge in [0.1, 0.15) is 6.10 Å². The van der Waals surface area contributed by atoms with Crippen LogP contribution in [0.5, 0.6) is 11.5 Å². The third-order valence-corrected chi connectivity index (χ3v) is 2.40. The molecule has 1 fully saturated rings. The summed E-state index contributed by atoms with van der Waals surface area (Å²) in [5.41, 5.74) is 0. The Morgan fingerprint density at radius 3 is 2.71 bits per heavy atom. The summed E-state index contributed by atoms with van der Waals surface area (Å²) in [6.07, 6.45) is 0.255. The van der Waals surface area contributed by atoms with Crippen molar-refractivity contribution in [2.24, 2.45) is 0 Å². The van der Waals surface area contributed by atoms with Crippen molar-refractivity contribution in [3.05, 3.63) is 23.2 Å².